The molecule has 1 fully saturated rings. The van der Waals surface area contributed by atoms with E-state index in [1.807, 2.05) is 0 Å². The SMILES string of the molecule is CC(c1cccc2ccccc12)N(C)C1CNC1. The second-order valence-corrected chi connectivity index (χ2v) is 5.22. The first-order chi connectivity index (χ1) is 8.77. The van der Waals surface area contributed by atoms with Crippen LogP contribution in [0.2, 0.25) is 0 Å². The van der Waals surface area contributed by atoms with Gasteiger partial charge in [-0.05, 0) is 30.3 Å². The Balaban J connectivity index is 1.97. The van der Waals surface area contributed by atoms with Crippen molar-refractivity contribution in [3.63, 3.8) is 0 Å². The summed E-state index contributed by atoms with van der Waals surface area (Å²) in [5.74, 6) is 0. The molecular weight excluding hydrogens is 220 g/mol. The van der Waals surface area contributed by atoms with Gasteiger partial charge in [-0.1, -0.05) is 42.5 Å². The number of hydrogen-bond acceptors (Lipinski definition) is 2. The molecule has 0 spiro atoms. The van der Waals surface area contributed by atoms with Crippen LogP contribution in [0.25, 0.3) is 10.8 Å². The van der Waals surface area contributed by atoms with Gasteiger partial charge in [0.15, 0.2) is 0 Å². The van der Waals surface area contributed by atoms with Crippen LogP contribution in [0.1, 0.15) is 18.5 Å². The molecule has 1 aliphatic heterocycles. The zero-order chi connectivity index (χ0) is 12.5. The monoisotopic (exact) mass is 240 g/mol. The molecule has 1 unspecified atom stereocenters. The van der Waals surface area contributed by atoms with Crippen LogP contribution in [0, 0.1) is 0 Å². The van der Waals surface area contributed by atoms with Crippen molar-refractivity contribution in [1.82, 2.24) is 10.2 Å². The van der Waals surface area contributed by atoms with Gasteiger partial charge in [-0.3, -0.25) is 4.90 Å². The highest BCUT2D eigenvalue weighted by Gasteiger charge is 2.26. The topological polar surface area (TPSA) is 15.3 Å². The minimum Gasteiger partial charge on any atom is -0.314 e. The van der Waals surface area contributed by atoms with E-state index >= 15 is 0 Å². The molecule has 0 aliphatic carbocycles. The van der Waals surface area contributed by atoms with Gasteiger partial charge in [0.25, 0.3) is 0 Å². The molecule has 1 heterocycles. The van der Waals surface area contributed by atoms with Crippen LogP contribution < -0.4 is 5.32 Å². The Labute approximate surface area is 109 Å². The second kappa shape index (κ2) is 4.71. The largest absolute Gasteiger partial charge is 0.314 e. The van der Waals surface area contributed by atoms with Gasteiger partial charge in [0, 0.05) is 25.2 Å². The fourth-order valence-electron chi connectivity index (χ4n) is 2.71. The van der Waals surface area contributed by atoms with Crippen LogP contribution in [-0.2, 0) is 0 Å². The number of rotatable bonds is 3. The molecule has 1 saturated heterocycles. The lowest BCUT2D eigenvalue weighted by Gasteiger charge is -2.39. The lowest BCUT2D eigenvalue weighted by Crippen LogP contribution is -2.56. The standard InChI is InChI=1S/C16H20N2/c1-12(18(2)14-10-17-11-14)15-9-5-7-13-6-3-4-8-16(13)15/h3-9,12,14,17H,10-11H2,1-2H3. The van der Waals surface area contributed by atoms with Crippen LogP contribution in [0.5, 0.6) is 0 Å². The molecule has 2 aromatic carbocycles. The minimum absolute atomic E-state index is 0.461. The fourth-order valence-corrected chi connectivity index (χ4v) is 2.71. The molecular formula is C16H20N2. The third kappa shape index (κ3) is 1.92. The Morgan fingerprint density at radius 3 is 2.56 bits per heavy atom. The average molecular weight is 240 g/mol. The highest BCUT2D eigenvalue weighted by atomic mass is 15.2. The molecule has 18 heavy (non-hydrogen) atoms. The Hall–Kier alpha value is -1.38. The second-order valence-electron chi connectivity index (χ2n) is 5.22. The highest BCUT2D eigenvalue weighted by Crippen LogP contribution is 2.28. The Bertz CT molecular complexity index is 540. The fraction of sp³-hybridized carbons (Fsp3) is 0.375. The highest BCUT2D eigenvalue weighted by molar-refractivity contribution is 5.86. The quantitative estimate of drug-likeness (QED) is 0.887. The van der Waals surface area contributed by atoms with E-state index in [0.717, 1.165) is 13.1 Å². The van der Waals surface area contributed by atoms with E-state index in [1.165, 1.54) is 16.3 Å². The van der Waals surface area contributed by atoms with Gasteiger partial charge in [-0.2, -0.15) is 0 Å². The van der Waals surface area contributed by atoms with Gasteiger partial charge < -0.3 is 5.32 Å². The van der Waals surface area contributed by atoms with E-state index in [4.69, 9.17) is 0 Å². The molecule has 2 heteroatoms. The van der Waals surface area contributed by atoms with Crippen molar-refractivity contribution >= 4 is 10.8 Å². The van der Waals surface area contributed by atoms with Gasteiger partial charge in [-0.15, -0.1) is 0 Å². The molecule has 1 aliphatic rings. The lowest BCUT2D eigenvalue weighted by atomic mass is 9.97. The summed E-state index contributed by atoms with van der Waals surface area (Å²) in [5.41, 5.74) is 1.43. The van der Waals surface area contributed by atoms with Crippen molar-refractivity contribution < 1.29 is 0 Å². The predicted molar refractivity (Wildman–Crippen MR) is 76.8 cm³/mol. The number of likely N-dealkylation sites (N-methyl/N-ethyl adjacent to an activating group) is 1. The van der Waals surface area contributed by atoms with Gasteiger partial charge in [0.1, 0.15) is 0 Å². The van der Waals surface area contributed by atoms with Crippen LogP contribution in [0.15, 0.2) is 42.5 Å². The summed E-state index contributed by atoms with van der Waals surface area (Å²) in [6, 6.07) is 16.4. The molecule has 2 nitrogen and oxygen atoms in total. The van der Waals surface area contributed by atoms with Gasteiger partial charge in [0.2, 0.25) is 0 Å². The van der Waals surface area contributed by atoms with Crippen LogP contribution in [0.4, 0.5) is 0 Å². The Kier molecular flexibility index (Phi) is 3.06. The van der Waals surface area contributed by atoms with Crippen molar-refractivity contribution in [1.29, 1.82) is 0 Å². The first-order valence-corrected chi connectivity index (χ1v) is 6.67. The summed E-state index contributed by atoms with van der Waals surface area (Å²) < 4.78 is 0. The molecule has 0 saturated carbocycles. The first kappa shape index (κ1) is 11.7. The summed E-state index contributed by atoms with van der Waals surface area (Å²) in [4.78, 5) is 2.48. The summed E-state index contributed by atoms with van der Waals surface area (Å²) in [7, 11) is 2.23. The third-order valence-electron chi connectivity index (χ3n) is 4.22. The van der Waals surface area contributed by atoms with Crippen LogP contribution >= 0.6 is 0 Å². The maximum Gasteiger partial charge on any atom is 0.0348 e. The molecule has 3 rings (SSSR count). The average Bonchev–Trinajstić information content (AvgIpc) is 2.35. The van der Waals surface area contributed by atoms with E-state index in [9.17, 15) is 0 Å². The maximum atomic E-state index is 3.34. The summed E-state index contributed by atoms with van der Waals surface area (Å²) in [6.45, 7) is 4.54. The zero-order valence-electron chi connectivity index (χ0n) is 11.1. The molecule has 0 amide bonds. The Morgan fingerprint density at radius 2 is 1.83 bits per heavy atom. The van der Waals surface area contributed by atoms with Crippen LogP contribution in [-0.4, -0.2) is 31.1 Å². The smallest absolute Gasteiger partial charge is 0.0348 e. The normalized spacial score (nSPS) is 17.9. The van der Waals surface area contributed by atoms with E-state index in [1.54, 1.807) is 0 Å². The van der Waals surface area contributed by atoms with E-state index in [-0.39, 0.29) is 0 Å². The maximum absolute atomic E-state index is 3.34. The predicted octanol–water partition coefficient (Wildman–Crippen LogP) is 2.80. The number of fused-ring (bicyclic) bond motifs is 1. The minimum atomic E-state index is 0.461. The molecule has 0 bridgehead atoms. The molecule has 1 atom stereocenters. The number of benzene rings is 2. The van der Waals surface area contributed by atoms with E-state index in [0.29, 0.717) is 12.1 Å². The molecule has 0 radical (unpaired) electrons. The molecule has 0 aromatic heterocycles. The molecule has 1 N–H and O–H groups in total. The summed E-state index contributed by atoms with van der Waals surface area (Å²) in [5, 5.41) is 6.06. The van der Waals surface area contributed by atoms with E-state index < -0.39 is 0 Å². The number of nitrogens with one attached hydrogen (secondary N) is 1. The summed E-state index contributed by atoms with van der Waals surface area (Å²) >= 11 is 0. The van der Waals surface area contributed by atoms with E-state index in [2.05, 4.69) is 66.7 Å². The van der Waals surface area contributed by atoms with Crippen molar-refractivity contribution in [2.45, 2.75) is 19.0 Å². The first-order valence-electron chi connectivity index (χ1n) is 6.67. The van der Waals surface area contributed by atoms with Crippen molar-refractivity contribution in [2.75, 3.05) is 20.1 Å². The van der Waals surface area contributed by atoms with Gasteiger partial charge in [-0.25, -0.2) is 0 Å². The van der Waals surface area contributed by atoms with Crippen molar-refractivity contribution in [2.24, 2.45) is 0 Å². The van der Waals surface area contributed by atoms with Gasteiger partial charge in [0.05, 0.1) is 0 Å². The van der Waals surface area contributed by atoms with Crippen molar-refractivity contribution in [3.05, 3.63) is 48.0 Å². The van der Waals surface area contributed by atoms with Crippen molar-refractivity contribution in [3.8, 4) is 0 Å². The lowest BCUT2D eigenvalue weighted by molar-refractivity contribution is 0.137. The number of nitrogens with zero attached hydrogens (tertiary/aromatic N) is 1. The molecule has 2 aromatic rings. The Morgan fingerprint density at radius 1 is 1.11 bits per heavy atom. The number of hydrogen-bond donors (Lipinski definition) is 1. The summed E-state index contributed by atoms with van der Waals surface area (Å²) in [6.07, 6.45) is 0. The van der Waals surface area contributed by atoms with Gasteiger partial charge >= 0.3 is 0 Å². The molecule has 94 valence electrons. The third-order valence-corrected chi connectivity index (χ3v) is 4.22. The van der Waals surface area contributed by atoms with Crippen LogP contribution in [0.3, 0.4) is 0 Å². The zero-order valence-corrected chi connectivity index (χ0v) is 11.1.